The van der Waals surface area contributed by atoms with Crippen LogP contribution in [-0.2, 0) is 11.8 Å². The molecule has 2 N–H and O–H groups in total. The van der Waals surface area contributed by atoms with Crippen molar-refractivity contribution in [1.82, 2.24) is 14.5 Å². The van der Waals surface area contributed by atoms with Crippen LogP contribution in [0.1, 0.15) is 17.9 Å². The number of imidazole rings is 1. The number of amides is 1. The summed E-state index contributed by atoms with van der Waals surface area (Å²) in [6.07, 6.45) is 4.28. The molecule has 4 rings (SSSR count). The average Bonchev–Trinajstić information content (AvgIpc) is 3.37. The third-order valence-corrected chi connectivity index (χ3v) is 5.90. The fourth-order valence-corrected chi connectivity index (χ4v) is 4.03. The van der Waals surface area contributed by atoms with Crippen molar-refractivity contribution in [2.75, 3.05) is 0 Å². The number of nitrogens with two attached hydrogens (primary N) is 1. The van der Waals surface area contributed by atoms with Crippen LogP contribution in [0.15, 0.2) is 59.0 Å². The van der Waals surface area contributed by atoms with Crippen LogP contribution in [-0.4, -0.2) is 20.4 Å². The van der Waals surface area contributed by atoms with E-state index in [0.717, 1.165) is 33.3 Å². The van der Waals surface area contributed by atoms with Gasteiger partial charge in [-0.25, -0.2) is 9.97 Å². The van der Waals surface area contributed by atoms with Crippen molar-refractivity contribution in [3.63, 3.8) is 0 Å². The number of benzene rings is 1. The zero-order chi connectivity index (χ0) is 18.3. The summed E-state index contributed by atoms with van der Waals surface area (Å²) in [5, 5.41) is 2.48. The van der Waals surface area contributed by atoms with Crippen molar-refractivity contribution in [1.29, 1.82) is 0 Å². The maximum atomic E-state index is 11.3. The van der Waals surface area contributed by atoms with Gasteiger partial charge in [0.15, 0.2) is 0 Å². The molecule has 5 nitrogen and oxygen atoms in total. The van der Waals surface area contributed by atoms with Crippen LogP contribution >= 0.6 is 23.4 Å². The molecule has 2 atom stereocenters. The molecule has 1 amide bonds. The summed E-state index contributed by atoms with van der Waals surface area (Å²) in [5.41, 5.74) is 8.47. The summed E-state index contributed by atoms with van der Waals surface area (Å²) in [6, 6.07) is 11.9. The van der Waals surface area contributed by atoms with Crippen molar-refractivity contribution in [3.05, 3.63) is 59.5 Å². The van der Waals surface area contributed by atoms with E-state index in [1.165, 1.54) is 0 Å². The van der Waals surface area contributed by atoms with Gasteiger partial charge in [0, 0.05) is 24.7 Å². The van der Waals surface area contributed by atoms with Gasteiger partial charge >= 0.3 is 0 Å². The minimum Gasteiger partial charge on any atom is -0.369 e. The summed E-state index contributed by atoms with van der Waals surface area (Å²) in [5.74, 6) is 0.0353. The van der Waals surface area contributed by atoms with Gasteiger partial charge in [0.2, 0.25) is 5.91 Å². The molecule has 2 aromatic heterocycles. The largest absolute Gasteiger partial charge is 0.369 e. The minimum absolute atomic E-state index is 0.0159. The first-order chi connectivity index (χ1) is 12.5. The summed E-state index contributed by atoms with van der Waals surface area (Å²) < 4.78 is 1.98. The van der Waals surface area contributed by atoms with Crippen molar-refractivity contribution in [3.8, 4) is 11.3 Å². The fourth-order valence-electron chi connectivity index (χ4n) is 3.03. The number of rotatable bonds is 5. The molecule has 26 heavy (non-hydrogen) atoms. The number of halogens is 1. The highest BCUT2D eigenvalue weighted by atomic mass is 35.5. The Balaban J connectivity index is 1.58. The van der Waals surface area contributed by atoms with E-state index in [-0.39, 0.29) is 17.7 Å². The second-order valence-electron chi connectivity index (χ2n) is 6.40. The van der Waals surface area contributed by atoms with Gasteiger partial charge in [-0.2, -0.15) is 0 Å². The number of pyridine rings is 1. The van der Waals surface area contributed by atoms with E-state index in [1.807, 2.05) is 35.9 Å². The number of aryl methyl sites for hydroxylation is 1. The summed E-state index contributed by atoms with van der Waals surface area (Å²) in [7, 11) is 1.96. The van der Waals surface area contributed by atoms with E-state index in [1.54, 1.807) is 24.3 Å². The van der Waals surface area contributed by atoms with Crippen molar-refractivity contribution >= 4 is 29.3 Å². The van der Waals surface area contributed by atoms with Crippen molar-refractivity contribution in [2.24, 2.45) is 18.7 Å². The highest BCUT2D eigenvalue weighted by Gasteiger charge is 2.42. The summed E-state index contributed by atoms with van der Waals surface area (Å²) >= 11 is 7.46. The van der Waals surface area contributed by atoms with Gasteiger partial charge in [0.25, 0.3) is 0 Å². The van der Waals surface area contributed by atoms with Gasteiger partial charge in [-0.3, -0.25) is 4.79 Å². The van der Waals surface area contributed by atoms with Crippen LogP contribution in [0.5, 0.6) is 0 Å². The average molecular weight is 385 g/mol. The highest BCUT2D eigenvalue weighted by Crippen LogP contribution is 2.47. The third-order valence-electron chi connectivity index (χ3n) is 4.55. The molecule has 7 heteroatoms. The lowest BCUT2D eigenvalue weighted by molar-refractivity contribution is -0.119. The Kier molecular flexibility index (Phi) is 4.46. The Morgan fingerprint density at radius 3 is 2.62 bits per heavy atom. The van der Waals surface area contributed by atoms with Gasteiger partial charge < -0.3 is 10.3 Å². The molecule has 1 unspecified atom stereocenters. The third kappa shape index (κ3) is 3.34. The number of hydrogen-bond acceptors (Lipinski definition) is 4. The molecule has 0 bridgehead atoms. The molecule has 132 valence electrons. The van der Waals surface area contributed by atoms with E-state index >= 15 is 0 Å². The lowest BCUT2D eigenvalue weighted by Crippen LogP contribution is -2.13. The molecule has 1 aromatic carbocycles. The van der Waals surface area contributed by atoms with Crippen molar-refractivity contribution < 1.29 is 4.79 Å². The Morgan fingerprint density at radius 1 is 1.23 bits per heavy atom. The van der Waals surface area contributed by atoms with Gasteiger partial charge in [-0.05, 0) is 41.8 Å². The number of nitrogens with zero attached hydrogens (tertiary/aromatic N) is 3. The second kappa shape index (κ2) is 6.78. The molecule has 1 saturated carbocycles. The molecule has 2 heterocycles. The SMILES string of the molecule is Cn1cnc(-c2ccc([C@@H]3CC3C(N)=O)cc2)c1Sc1ccc(Cl)cn1. The number of hydrogen-bond donors (Lipinski definition) is 1. The van der Waals surface area contributed by atoms with Crippen LogP contribution in [0.3, 0.4) is 0 Å². The molecule has 0 saturated heterocycles. The Labute approximate surface area is 160 Å². The van der Waals surface area contributed by atoms with E-state index in [0.29, 0.717) is 5.02 Å². The standard InChI is InChI=1S/C19H17ClN4OS/c1-24-10-23-17(19(24)26-16-7-6-13(20)9-22-16)12-4-2-11(3-5-12)14-8-15(14)18(21)25/h2-7,9-10,14-15H,8H2,1H3,(H2,21,25)/t14-,15?/m0/s1. The summed E-state index contributed by atoms with van der Waals surface area (Å²) in [4.78, 5) is 20.2. The van der Waals surface area contributed by atoms with E-state index in [9.17, 15) is 4.79 Å². The molecular formula is C19H17ClN4OS. The Hall–Kier alpha value is -2.31. The monoisotopic (exact) mass is 384 g/mol. The maximum absolute atomic E-state index is 11.3. The Morgan fingerprint density at radius 2 is 2.00 bits per heavy atom. The number of primary amides is 1. The van der Waals surface area contributed by atoms with Crippen LogP contribution in [0.4, 0.5) is 0 Å². The molecule has 0 radical (unpaired) electrons. The lowest BCUT2D eigenvalue weighted by atomic mass is 10.1. The van der Waals surface area contributed by atoms with E-state index < -0.39 is 0 Å². The Bertz CT molecular complexity index is 953. The zero-order valence-corrected chi connectivity index (χ0v) is 15.7. The predicted octanol–water partition coefficient (Wildman–Crippen LogP) is 3.88. The van der Waals surface area contributed by atoms with Gasteiger partial charge in [-0.1, -0.05) is 35.9 Å². The molecular weight excluding hydrogens is 368 g/mol. The fraction of sp³-hybridized carbons (Fsp3) is 0.211. The number of aromatic nitrogens is 3. The van der Waals surface area contributed by atoms with Crippen LogP contribution in [0.2, 0.25) is 5.02 Å². The van der Waals surface area contributed by atoms with Crippen LogP contribution < -0.4 is 5.73 Å². The number of carbonyl (C=O) groups excluding carboxylic acids is 1. The normalized spacial score (nSPS) is 18.7. The van der Waals surface area contributed by atoms with Gasteiger partial charge in [-0.15, -0.1) is 0 Å². The van der Waals surface area contributed by atoms with Gasteiger partial charge in [0.1, 0.15) is 15.7 Å². The van der Waals surface area contributed by atoms with E-state index in [2.05, 4.69) is 22.1 Å². The maximum Gasteiger partial charge on any atom is 0.221 e. The molecule has 0 spiro atoms. The topological polar surface area (TPSA) is 73.8 Å². The first-order valence-corrected chi connectivity index (χ1v) is 9.43. The molecule has 1 aliphatic carbocycles. The zero-order valence-electron chi connectivity index (χ0n) is 14.1. The first-order valence-electron chi connectivity index (χ1n) is 8.23. The number of carbonyl (C=O) groups is 1. The summed E-state index contributed by atoms with van der Waals surface area (Å²) in [6.45, 7) is 0. The smallest absolute Gasteiger partial charge is 0.221 e. The van der Waals surface area contributed by atoms with E-state index in [4.69, 9.17) is 17.3 Å². The van der Waals surface area contributed by atoms with Crippen LogP contribution in [0, 0.1) is 5.92 Å². The minimum atomic E-state index is -0.210. The molecule has 3 aromatic rings. The van der Waals surface area contributed by atoms with Gasteiger partial charge in [0.05, 0.1) is 11.3 Å². The predicted molar refractivity (Wildman–Crippen MR) is 102 cm³/mol. The lowest BCUT2D eigenvalue weighted by Gasteiger charge is -2.07. The molecule has 0 aliphatic heterocycles. The molecule has 1 fully saturated rings. The van der Waals surface area contributed by atoms with Crippen LogP contribution in [0.25, 0.3) is 11.3 Å². The highest BCUT2D eigenvalue weighted by molar-refractivity contribution is 7.99. The first kappa shape index (κ1) is 17.1. The second-order valence-corrected chi connectivity index (χ2v) is 7.84. The van der Waals surface area contributed by atoms with Crippen molar-refractivity contribution in [2.45, 2.75) is 22.4 Å². The quantitative estimate of drug-likeness (QED) is 0.724. The molecule has 1 aliphatic rings.